The minimum atomic E-state index is -4.87. The molecule has 0 spiro atoms. The molecule has 0 saturated heterocycles. The minimum Gasteiger partial charge on any atom is -0.295 e. The van der Waals surface area contributed by atoms with E-state index in [0.29, 0.717) is 12.8 Å². The van der Waals surface area contributed by atoms with E-state index >= 15 is 0 Å². The normalized spacial score (nSPS) is 13.5. The number of rotatable bonds is 7. The zero-order valence-electron chi connectivity index (χ0n) is 15.5. The molecule has 0 saturated carbocycles. The third-order valence-electron chi connectivity index (χ3n) is 4.41. The van der Waals surface area contributed by atoms with Crippen molar-refractivity contribution in [2.75, 3.05) is 0 Å². The summed E-state index contributed by atoms with van der Waals surface area (Å²) in [6.07, 6.45) is 1.22. The molecule has 0 aliphatic rings. The number of Topliss-reactive ketones (excluding diaryl/α,β-unsaturated/α-hetero) is 2. The molecule has 28 heavy (non-hydrogen) atoms. The number of ketones is 2. The molecule has 0 aromatic heterocycles. The topological polar surface area (TPSA) is 143 Å². The van der Waals surface area contributed by atoms with Gasteiger partial charge in [0, 0.05) is 27.8 Å². The Hall–Kier alpha value is -2.14. The van der Waals surface area contributed by atoms with Crippen LogP contribution in [-0.4, -0.2) is 37.5 Å². The van der Waals surface area contributed by atoms with Crippen molar-refractivity contribution in [1.82, 2.24) is 0 Å². The highest BCUT2D eigenvalue weighted by Gasteiger charge is 2.25. The lowest BCUT2D eigenvalue weighted by atomic mass is 9.93. The zero-order chi connectivity index (χ0) is 21.4. The van der Waals surface area contributed by atoms with Crippen molar-refractivity contribution in [2.45, 2.75) is 43.4 Å². The quantitative estimate of drug-likeness (QED) is 0.506. The highest BCUT2D eigenvalue weighted by molar-refractivity contribution is 7.86. The van der Waals surface area contributed by atoms with E-state index in [4.69, 9.17) is 0 Å². The van der Waals surface area contributed by atoms with Crippen LogP contribution in [0.3, 0.4) is 0 Å². The summed E-state index contributed by atoms with van der Waals surface area (Å²) < 4.78 is 66.7. The van der Waals surface area contributed by atoms with Crippen LogP contribution in [0, 0.1) is 5.92 Å². The molecule has 0 amide bonds. The second kappa shape index (κ2) is 7.70. The van der Waals surface area contributed by atoms with Crippen molar-refractivity contribution in [3.63, 3.8) is 0 Å². The number of fused-ring (bicyclic) bond motifs is 1. The van der Waals surface area contributed by atoms with E-state index in [0.717, 1.165) is 31.2 Å². The Morgan fingerprint density at radius 3 is 1.71 bits per heavy atom. The summed E-state index contributed by atoms with van der Waals surface area (Å²) in [6, 6.07) is 4.09. The maximum atomic E-state index is 12.7. The van der Waals surface area contributed by atoms with Gasteiger partial charge >= 0.3 is 0 Å². The number of hydrogen-bond donors (Lipinski definition) is 2. The molecule has 8 nitrogen and oxygen atoms in total. The van der Waals surface area contributed by atoms with Crippen molar-refractivity contribution < 1.29 is 35.5 Å². The van der Waals surface area contributed by atoms with Gasteiger partial charge in [-0.3, -0.25) is 18.7 Å². The second-order valence-corrected chi connectivity index (χ2v) is 9.38. The van der Waals surface area contributed by atoms with Crippen LogP contribution in [0.15, 0.2) is 34.1 Å². The van der Waals surface area contributed by atoms with Gasteiger partial charge in [-0.25, -0.2) is 0 Å². The van der Waals surface area contributed by atoms with Crippen LogP contribution in [0.4, 0.5) is 0 Å². The maximum Gasteiger partial charge on any atom is 0.295 e. The molecule has 0 aliphatic heterocycles. The molecule has 2 aromatic carbocycles. The summed E-state index contributed by atoms with van der Waals surface area (Å²) in [5.41, 5.74) is -0.301. The van der Waals surface area contributed by atoms with Gasteiger partial charge in [-0.05, 0) is 37.6 Å². The zero-order valence-corrected chi connectivity index (χ0v) is 17.1. The highest BCUT2D eigenvalue weighted by atomic mass is 32.2. The molecule has 0 heterocycles. The molecule has 1 atom stereocenters. The lowest BCUT2D eigenvalue weighted by molar-refractivity contribution is 0.0922. The summed E-state index contributed by atoms with van der Waals surface area (Å²) in [5, 5.41) is -0.572. The predicted octanol–water partition coefficient (Wildman–Crippen LogP) is 3.15. The van der Waals surface area contributed by atoms with E-state index in [2.05, 4.69) is 0 Å². The third-order valence-corrected chi connectivity index (χ3v) is 6.20. The summed E-state index contributed by atoms with van der Waals surface area (Å²) in [4.78, 5) is 22.9. The maximum absolute atomic E-state index is 12.7. The molecular weight excluding hydrogens is 408 g/mol. The Morgan fingerprint density at radius 1 is 0.893 bits per heavy atom. The van der Waals surface area contributed by atoms with E-state index in [9.17, 15) is 35.5 Å². The van der Waals surface area contributed by atoms with Crippen molar-refractivity contribution in [1.29, 1.82) is 0 Å². The fourth-order valence-corrected chi connectivity index (χ4v) is 4.46. The minimum absolute atomic E-state index is 0.124. The SMILES string of the molecule is CCCC(C)C(=O)c1cc(S(=O)(=O)O)c2cc(C(C)=O)cc(S(=O)(=O)O)c2c1. The van der Waals surface area contributed by atoms with E-state index in [1.165, 1.54) is 0 Å². The van der Waals surface area contributed by atoms with E-state index in [1.807, 2.05) is 6.92 Å². The number of hydrogen-bond acceptors (Lipinski definition) is 6. The first kappa shape index (κ1) is 22.2. The average Bonchev–Trinajstić information content (AvgIpc) is 2.57. The van der Waals surface area contributed by atoms with Crippen LogP contribution in [0.25, 0.3) is 10.8 Å². The van der Waals surface area contributed by atoms with E-state index in [-0.39, 0.29) is 21.9 Å². The smallest absolute Gasteiger partial charge is 0.295 e. The largest absolute Gasteiger partial charge is 0.295 e. The van der Waals surface area contributed by atoms with Gasteiger partial charge in [-0.1, -0.05) is 20.3 Å². The molecule has 2 N–H and O–H groups in total. The fraction of sp³-hybridized carbons (Fsp3) is 0.333. The summed E-state index contributed by atoms with van der Waals surface area (Å²) >= 11 is 0. The number of carbonyl (C=O) groups excluding carboxylic acids is 2. The molecule has 0 fully saturated rings. The Morgan fingerprint density at radius 2 is 1.32 bits per heavy atom. The molecule has 0 radical (unpaired) electrons. The van der Waals surface area contributed by atoms with Crippen molar-refractivity contribution in [3.05, 3.63) is 35.4 Å². The second-order valence-electron chi connectivity index (χ2n) is 6.60. The fourth-order valence-electron chi connectivity index (χ4n) is 3.02. The first-order chi connectivity index (χ1) is 12.8. The van der Waals surface area contributed by atoms with Gasteiger partial charge in [0.1, 0.15) is 9.79 Å². The highest BCUT2D eigenvalue weighted by Crippen LogP contribution is 2.33. The molecule has 10 heteroatoms. The van der Waals surface area contributed by atoms with Crippen LogP contribution >= 0.6 is 0 Å². The van der Waals surface area contributed by atoms with Gasteiger partial charge in [0.25, 0.3) is 20.2 Å². The summed E-state index contributed by atoms with van der Waals surface area (Å²) in [6.45, 7) is 4.64. The van der Waals surface area contributed by atoms with Crippen LogP contribution in [0.2, 0.25) is 0 Å². The Labute approximate surface area is 163 Å². The van der Waals surface area contributed by atoms with Crippen LogP contribution in [0.5, 0.6) is 0 Å². The standard InChI is InChI=1S/C18H20O8S2/c1-4-5-10(2)18(20)13-7-15-14(17(9-13)28(24,25)26)6-12(11(3)19)8-16(15)27(21,22)23/h6-10H,4-5H2,1-3H3,(H,21,22,23)(H,24,25,26). The van der Waals surface area contributed by atoms with Crippen LogP contribution in [-0.2, 0) is 20.2 Å². The predicted molar refractivity (Wildman–Crippen MR) is 102 cm³/mol. The van der Waals surface area contributed by atoms with Gasteiger partial charge in [-0.2, -0.15) is 16.8 Å². The molecular formula is C18H20O8S2. The number of benzene rings is 2. The monoisotopic (exact) mass is 428 g/mol. The van der Waals surface area contributed by atoms with E-state index in [1.54, 1.807) is 6.92 Å². The number of carbonyl (C=O) groups is 2. The van der Waals surface area contributed by atoms with Gasteiger partial charge in [0.15, 0.2) is 11.6 Å². The first-order valence-electron chi connectivity index (χ1n) is 8.39. The Balaban J connectivity index is 3.03. The van der Waals surface area contributed by atoms with Gasteiger partial charge < -0.3 is 0 Å². The van der Waals surface area contributed by atoms with Gasteiger partial charge in [-0.15, -0.1) is 0 Å². The molecule has 152 valence electrons. The van der Waals surface area contributed by atoms with Crippen molar-refractivity contribution in [2.24, 2.45) is 5.92 Å². The van der Waals surface area contributed by atoms with Crippen LogP contribution in [0.1, 0.15) is 54.3 Å². The van der Waals surface area contributed by atoms with Crippen LogP contribution < -0.4 is 0 Å². The average molecular weight is 428 g/mol. The molecule has 2 rings (SSSR count). The lowest BCUT2D eigenvalue weighted by Gasteiger charge is -2.14. The van der Waals surface area contributed by atoms with Crippen molar-refractivity contribution in [3.8, 4) is 0 Å². The van der Waals surface area contributed by atoms with Gasteiger partial charge in [0.2, 0.25) is 0 Å². The first-order valence-corrected chi connectivity index (χ1v) is 11.3. The van der Waals surface area contributed by atoms with E-state index < -0.39 is 47.5 Å². The third kappa shape index (κ3) is 4.46. The van der Waals surface area contributed by atoms with Crippen molar-refractivity contribution >= 4 is 42.6 Å². The summed E-state index contributed by atoms with van der Waals surface area (Å²) in [5.74, 6) is -1.49. The molecule has 0 aliphatic carbocycles. The Kier molecular flexibility index (Phi) is 6.10. The Bertz CT molecular complexity index is 1180. The van der Waals surface area contributed by atoms with Gasteiger partial charge in [0.05, 0.1) is 0 Å². The molecule has 2 aromatic rings. The molecule has 0 bridgehead atoms. The molecule has 1 unspecified atom stereocenters. The summed E-state index contributed by atoms with van der Waals surface area (Å²) in [7, 11) is -9.73. The lowest BCUT2D eigenvalue weighted by Crippen LogP contribution is -2.13.